The maximum absolute atomic E-state index is 4.46. The number of isothiocyanates is 2. The molecule has 0 radical (unpaired) electrons. The first kappa shape index (κ1) is 14.3. The van der Waals surface area contributed by atoms with Crippen molar-refractivity contribution in [2.45, 2.75) is 0 Å². The fraction of sp³-hybridized carbons (Fsp3) is 0.750. The summed E-state index contributed by atoms with van der Waals surface area (Å²) >= 11 is 12.7. The first-order chi connectivity index (χ1) is 6.91. The van der Waals surface area contributed by atoms with Crippen LogP contribution in [0.1, 0.15) is 0 Å². The Labute approximate surface area is 104 Å². The summed E-state index contributed by atoms with van der Waals surface area (Å²) in [5, 5.41) is 4.71. The molecule has 0 aliphatic carbocycles. The molecule has 0 aliphatic rings. The standard InChI is InChI=1S/C8H12N2S4/c11-7-9-1-3-13-5-6-14-4-2-10-8-12/h1-6H2. The summed E-state index contributed by atoms with van der Waals surface area (Å²) in [6.07, 6.45) is 0. The Balaban J connectivity index is 2.98. The monoisotopic (exact) mass is 264 g/mol. The molecule has 0 rings (SSSR count). The molecule has 0 N–H and O–H groups in total. The van der Waals surface area contributed by atoms with Gasteiger partial charge in [0.25, 0.3) is 0 Å². The SMILES string of the molecule is S=C=NCCSCCSCCN=C=S. The van der Waals surface area contributed by atoms with Crippen molar-refractivity contribution in [2.75, 3.05) is 36.1 Å². The highest BCUT2D eigenvalue weighted by molar-refractivity contribution is 8.02. The third kappa shape index (κ3) is 12.3. The largest absolute Gasteiger partial charge is 0.232 e. The van der Waals surface area contributed by atoms with E-state index in [9.17, 15) is 0 Å². The maximum atomic E-state index is 4.46. The van der Waals surface area contributed by atoms with E-state index in [1.54, 1.807) is 0 Å². The lowest BCUT2D eigenvalue weighted by Gasteiger charge is -1.98. The van der Waals surface area contributed by atoms with Crippen molar-refractivity contribution in [3.8, 4) is 0 Å². The van der Waals surface area contributed by atoms with E-state index >= 15 is 0 Å². The minimum atomic E-state index is 0.786. The van der Waals surface area contributed by atoms with E-state index in [1.165, 1.54) is 0 Å². The van der Waals surface area contributed by atoms with Gasteiger partial charge in [-0.15, -0.1) is 0 Å². The lowest BCUT2D eigenvalue weighted by Crippen LogP contribution is -1.92. The molecule has 2 nitrogen and oxygen atoms in total. The Morgan fingerprint density at radius 3 is 1.57 bits per heavy atom. The van der Waals surface area contributed by atoms with Crippen molar-refractivity contribution >= 4 is 58.3 Å². The minimum absolute atomic E-state index is 0.786. The molecule has 0 fully saturated rings. The van der Waals surface area contributed by atoms with E-state index in [-0.39, 0.29) is 0 Å². The lowest BCUT2D eigenvalue weighted by molar-refractivity contribution is 1.16. The molecule has 6 heteroatoms. The van der Waals surface area contributed by atoms with Gasteiger partial charge in [0.1, 0.15) is 0 Å². The van der Waals surface area contributed by atoms with Crippen molar-refractivity contribution < 1.29 is 0 Å². The van der Waals surface area contributed by atoms with Crippen LogP contribution in [0.3, 0.4) is 0 Å². The number of hydrogen-bond acceptors (Lipinski definition) is 6. The number of hydrogen-bond donors (Lipinski definition) is 0. The molecular weight excluding hydrogens is 252 g/mol. The Hall–Kier alpha value is 0.300. The quantitative estimate of drug-likeness (QED) is 0.363. The van der Waals surface area contributed by atoms with Crippen LogP contribution in [0.2, 0.25) is 0 Å². The van der Waals surface area contributed by atoms with Crippen LogP contribution in [-0.2, 0) is 0 Å². The zero-order chi connectivity index (χ0) is 10.5. The molecule has 0 atom stereocenters. The number of thioether (sulfide) groups is 2. The second kappa shape index (κ2) is 13.3. The number of thiocarbonyl (C=S) groups is 2. The van der Waals surface area contributed by atoms with Crippen molar-refractivity contribution in [1.29, 1.82) is 0 Å². The van der Waals surface area contributed by atoms with Gasteiger partial charge in [0.05, 0.1) is 23.4 Å². The fourth-order valence-electron chi connectivity index (χ4n) is 0.634. The van der Waals surface area contributed by atoms with E-state index in [0.29, 0.717) is 0 Å². The molecule has 0 bridgehead atoms. The first-order valence-electron chi connectivity index (χ1n) is 4.14. The predicted molar refractivity (Wildman–Crippen MR) is 74.4 cm³/mol. The summed E-state index contributed by atoms with van der Waals surface area (Å²) in [5.41, 5.74) is 0. The summed E-state index contributed by atoms with van der Waals surface area (Å²) in [5.74, 6) is 4.36. The molecule has 0 heterocycles. The van der Waals surface area contributed by atoms with Gasteiger partial charge in [-0.05, 0) is 24.4 Å². The zero-order valence-corrected chi connectivity index (χ0v) is 11.0. The molecule has 0 aliphatic heterocycles. The summed E-state index contributed by atoms with van der Waals surface area (Å²) in [7, 11) is 0. The van der Waals surface area contributed by atoms with Crippen molar-refractivity contribution in [1.82, 2.24) is 0 Å². The van der Waals surface area contributed by atoms with E-state index in [2.05, 4.69) is 44.7 Å². The predicted octanol–water partition coefficient (Wildman–Crippen LogP) is 2.66. The van der Waals surface area contributed by atoms with Crippen LogP contribution in [0.5, 0.6) is 0 Å². The van der Waals surface area contributed by atoms with Gasteiger partial charge in [-0.1, -0.05) is 0 Å². The third-order valence-electron chi connectivity index (χ3n) is 1.20. The second-order valence-electron chi connectivity index (χ2n) is 2.17. The molecule has 14 heavy (non-hydrogen) atoms. The highest BCUT2D eigenvalue weighted by atomic mass is 32.2. The van der Waals surface area contributed by atoms with E-state index < -0.39 is 0 Å². The van der Waals surface area contributed by atoms with Crippen LogP contribution >= 0.6 is 48.0 Å². The van der Waals surface area contributed by atoms with Gasteiger partial charge in [0, 0.05) is 23.0 Å². The summed E-state index contributed by atoms with van der Waals surface area (Å²) in [6, 6.07) is 0. The van der Waals surface area contributed by atoms with Crippen LogP contribution in [0.15, 0.2) is 9.98 Å². The number of rotatable bonds is 9. The molecule has 0 aromatic heterocycles. The first-order valence-corrected chi connectivity index (χ1v) is 7.27. The Bertz CT molecular complexity index is 195. The Morgan fingerprint density at radius 2 is 1.21 bits per heavy atom. The van der Waals surface area contributed by atoms with E-state index in [4.69, 9.17) is 0 Å². The van der Waals surface area contributed by atoms with Gasteiger partial charge >= 0.3 is 0 Å². The second-order valence-corrected chi connectivity index (χ2v) is 4.99. The molecule has 0 aromatic carbocycles. The zero-order valence-electron chi connectivity index (χ0n) is 7.77. The van der Waals surface area contributed by atoms with Crippen molar-refractivity contribution in [3.63, 3.8) is 0 Å². The van der Waals surface area contributed by atoms with E-state index in [0.717, 1.165) is 36.1 Å². The Morgan fingerprint density at radius 1 is 0.786 bits per heavy atom. The molecule has 0 saturated carbocycles. The fourth-order valence-corrected chi connectivity index (χ4v) is 2.61. The molecule has 0 unspecified atom stereocenters. The van der Waals surface area contributed by atoms with Gasteiger partial charge in [-0.2, -0.15) is 23.5 Å². The maximum Gasteiger partial charge on any atom is 0.0585 e. The van der Waals surface area contributed by atoms with E-state index in [1.807, 2.05) is 23.5 Å². The van der Waals surface area contributed by atoms with Gasteiger partial charge in [0.15, 0.2) is 0 Å². The molecule has 0 saturated heterocycles. The van der Waals surface area contributed by atoms with Gasteiger partial charge < -0.3 is 0 Å². The summed E-state index contributed by atoms with van der Waals surface area (Å²) < 4.78 is 0. The summed E-state index contributed by atoms with van der Waals surface area (Å²) in [6.45, 7) is 1.57. The van der Waals surface area contributed by atoms with Crippen molar-refractivity contribution in [3.05, 3.63) is 0 Å². The highest BCUT2D eigenvalue weighted by Crippen LogP contribution is 2.06. The molecular formula is C8H12N2S4. The number of aliphatic imine (C=N–C) groups is 2. The number of nitrogens with zero attached hydrogens (tertiary/aromatic N) is 2. The normalized spacial score (nSPS) is 8.86. The van der Waals surface area contributed by atoms with Gasteiger partial charge in [-0.25, -0.2) is 9.98 Å². The minimum Gasteiger partial charge on any atom is -0.232 e. The average Bonchev–Trinajstić information content (AvgIpc) is 2.21. The lowest BCUT2D eigenvalue weighted by atomic mass is 10.8. The topological polar surface area (TPSA) is 24.7 Å². The van der Waals surface area contributed by atoms with Crippen molar-refractivity contribution in [2.24, 2.45) is 9.98 Å². The van der Waals surface area contributed by atoms with Gasteiger partial charge in [0.2, 0.25) is 0 Å². The Kier molecular flexibility index (Phi) is 13.6. The average molecular weight is 264 g/mol. The molecule has 78 valence electrons. The smallest absolute Gasteiger partial charge is 0.0585 e. The molecule has 0 aromatic rings. The van der Waals surface area contributed by atoms with Gasteiger partial charge in [-0.3, -0.25) is 0 Å². The highest BCUT2D eigenvalue weighted by Gasteiger charge is 1.90. The van der Waals surface area contributed by atoms with Crippen LogP contribution in [0.4, 0.5) is 0 Å². The molecule has 0 spiro atoms. The van der Waals surface area contributed by atoms with Crippen LogP contribution < -0.4 is 0 Å². The van der Waals surface area contributed by atoms with Crippen LogP contribution in [-0.4, -0.2) is 46.4 Å². The third-order valence-corrected chi connectivity index (χ3v) is 3.64. The van der Waals surface area contributed by atoms with Crippen LogP contribution in [0, 0.1) is 0 Å². The summed E-state index contributed by atoms with van der Waals surface area (Å²) in [4.78, 5) is 7.66. The molecule has 0 amide bonds. The van der Waals surface area contributed by atoms with Crippen LogP contribution in [0.25, 0.3) is 0 Å².